The first-order chi connectivity index (χ1) is 10.4. The molecule has 1 saturated carbocycles. The zero-order chi connectivity index (χ0) is 15.9. The van der Waals surface area contributed by atoms with Gasteiger partial charge >= 0.3 is 0 Å². The Morgan fingerprint density at radius 1 is 1.45 bits per heavy atom. The maximum Gasteiger partial charge on any atom is 0.282 e. The van der Waals surface area contributed by atoms with Crippen molar-refractivity contribution in [2.45, 2.75) is 24.8 Å². The summed E-state index contributed by atoms with van der Waals surface area (Å²) in [6.45, 7) is 0. The molecule has 0 aromatic carbocycles. The van der Waals surface area contributed by atoms with Crippen molar-refractivity contribution >= 4 is 17.5 Å². The molecule has 2 heterocycles. The molecule has 1 aliphatic carbocycles. The summed E-state index contributed by atoms with van der Waals surface area (Å²) in [5.74, 6) is -0.436. The number of aromatic nitrogens is 3. The van der Waals surface area contributed by atoms with E-state index < -0.39 is 23.6 Å². The van der Waals surface area contributed by atoms with Crippen LogP contribution in [0.3, 0.4) is 0 Å². The van der Waals surface area contributed by atoms with Gasteiger partial charge in [-0.25, -0.2) is 13.8 Å². The van der Waals surface area contributed by atoms with Crippen molar-refractivity contribution in [3.05, 3.63) is 46.5 Å². The number of carbonyl (C=O) groups excluding carboxylic acids is 1. The third kappa shape index (κ3) is 2.68. The molecule has 1 fully saturated rings. The Kier molecular flexibility index (Phi) is 3.60. The number of carbonyl (C=O) groups is 1. The minimum atomic E-state index is -2.71. The summed E-state index contributed by atoms with van der Waals surface area (Å²) in [7, 11) is 1.46. The van der Waals surface area contributed by atoms with Gasteiger partial charge < -0.3 is 5.32 Å². The topological polar surface area (TPSA) is 59.8 Å². The third-order valence-electron chi connectivity index (χ3n) is 3.74. The molecular formula is C14H13ClF2N4O. The number of pyridine rings is 1. The lowest BCUT2D eigenvalue weighted by atomic mass is 10.1. The number of rotatable bonds is 4. The number of nitrogens with one attached hydrogen (secondary N) is 1. The summed E-state index contributed by atoms with van der Waals surface area (Å²) in [6, 6.07) is 4.56. The molecular weight excluding hydrogens is 314 g/mol. The van der Waals surface area contributed by atoms with Gasteiger partial charge in [0.15, 0.2) is 0 Å². The smallest absolute Gasteiger partial charge is 0.282 e. The molecule has 2 aromatic heterocycles. The van der Waals surface area contributed by atoms with Crippen molar-refractivity contribution < 1.29 is 13.6 Å². The average Bonchev–Trinajstić information content (AvgIpc) is 3.13. The van der Waals surface area contributed by atoms with Crippen molar-refractivity contribution in [1.82, 2.24) is 20.1 Å². The lowest BCUT2D eigenvalue weighted by molar-refractivity contribution is 0.0921. The first-order valence-electron chi connectivity index (χ1n) is 6.68. The second-order valence-electron chi connectivity index (χ2n) is 5.28. The highest BCUT2D eigenvalue weighted by Gasteiger charge is 2.46. The molecule has 8 heteroatoms. The van der Waals surface area contributed by atoms with E-state index in [0.29, 0.717) is 5.15 Å². The Bertz CT molecular complexity index is 710. The van der Waals surface area contributed by atoms with Gasteiger partial charge in [-0.05, 0) is 30.5 Å². The van der Waals surface area contributed by atoms with Gasteiger partial charge in [0.25, 0.3) is 12.3 Å². The molecule has 1 N–H and O–H groups in total. The fourth-order valence-electron chi connectivity index (χ4n) is 2.36. The van der Waals surface area contributed by atoms with Crippen LogP contribution in [0.4, 0.5) is 8.78 Å². The van der Waals surface area contributed by atoms with Gasteiger partial charge in [-0.15, -0.1) is 0 Å². The number of alkyl halides is 2. The first kappa shape index (κ1) is 14.9. The second-order valence-corrected chi connectivity index (χ2v) is 5.67. The maximum absolute atomic E-state index is 12.6. The van der Waals surface area contributed by atoms with E-state index >= 15 is 0 Å². The molecule has 0 spiro atoms. The van der Waals surface area contributed by atoms with Gasteiger partial charge in [0, 0.05) is 13.2 Å². The van der Waals surface area contributed by atoms with E-state index in [1.54, 1.807) is 18.3 Å². The highest BCUT2D eigenvalue weighted by molar-refractivity contribution is 6.29. The predicted octanol–water partition coefficient (Wildman–Crippen LogP) is 2.83. The van der Waals surface area contributed by atoms with E-state index in [1.807, 2.05) is 0 Å². The highest BCUT2D eigenvalue weighted by atomic mass is 35.5. The minimum Gasteiger partial charge on any atom is -0.341 e. The number of halogens is 3. The van der Waals surface area contributed by atoms with Gasteiger partial charge in [0.2, 0.25) is 0 Å². The zero-order valence-corrected chi connectivity index (χ0v) is 12.4. The SMILES string of the molecule is Cn1nc(C(F)F)cc1C(=O)NC1(c2ccc(Cl)nc2)CC1. The molecule has 0 saturated heterocycles. The fourth-order valence-corrected chi connectivity index (χ4v) is 2.47. The summed E-state index contributed by atoms with van der Waals surface area (Å²) in [5.41, 5.74) is 0.0415. The Labute approximate surface area is 130 Å². The van der Waals surface area contributed by atoms with Gasteiger partial charge in [-0.1, -0.05) is 17.7 Å². The largest absolute Gasteiger partial charge is 0.341 e. The Hall–Kier alpha value is -2.02. The summed E-state index contributed by atoms with van der Waals surface area (Å²) in [5, 5.41) is 6.90. The molecule has 22 heavy (non-hydrogen) atoms. The summed E-state index contributed by atoms with van der Waals surface area (Å²) < 4.78 is 26.5. The molecule has 2 aromatic rings. The minimum absolute atomic E-state index is 0.100. The van der Waals surface area contributed by atoms with Gasteiger partial charge in [-0.3, -0.25) is 9.48 Å². The average molecular weight is 327 g/mol. The quantitative estimate of drug-likeness (QED) is 0.879. The van der Waals surface area contributed by atoms with Crippen molar-refractivity contribution in [2.24, 2.45) is 7.05 Å². The standard InChI is InChI=1S/C14H13ClF2N4O/c1-21-10(6-9(20-21)12(16)17)13(22)19-14(4-5-14)8-2-3-11(15)18-7-8/h2-3,6-7,12H,4-5H2,1H3,(H,19,22). The Morgan fingerprint density at radius 2 is 2.18 bits per heavy atom. The highest BCUT2D eigenvalue weighted by Crippen LogP contribution is 2.45. The maximum atomic E-state index is 12.6. The monoisotopic (exact) mass is 326 g/mol. The molecule has 0 radical (unpaired) electrons. The summed E-state index contributed by atoms with van der Waals surface area (Å²) in [6.07, 6.45) is 0.440. The molecule has 3 rings (SSSR count). The summed E-state index contributed by atoms with van der Waals surface area (Å²) in [4.78, 5) is 16.3. The predicted molar refractivity (Wildman–Crippen MR) is 75.8 cm³/mol. The molecule has 116 valence electrons. The summed E-state index contributed by atoms with van der Waals surface area (Å²) >= 11 is 5.76. The van der Waals surface area contributed by atoms with E-state index in [0.717, 1.165) is 29.2 Å². The van der Waals surface area contributed by atoms with Crippen LogP contribution in [0.5, 0.6) is 0 Å². The number of amides is 1. The zero-order valence-electron chi connectivity index (χ0n) is 11.7. The van der Waals surface area contributed by atoms with E-state index in [9.17, 15) is 13.6 Å². The molecule has 0 aliphatic heterocycles. The first-order valence-corrected chi connectivity index (χ1v) is 7.06. The van der Waals surface area contributed by atoms with E-state index in [1.165, 1.54) is 7.05 Å². The normalized spacial score (nSPS) is 15.9. The van der Waals surface area contributed by atoms with E-state index in [4.69, 9.17) is 11.6 Å². The lowest BCUT2D eigenvalue weighted by Crippen LogP contribution is -2.36. The fraction of sp³-hybridized carbons (Fsp3) is 0.357. The van der Waals surface area contributed by atoms with Crippen LogP contribution in [0.1, 0.15) is 41.0 Å². The van der Waals surface area contributed by atoms with Crippen LogP contribution in [-0.2, 0) is 12.6 Å². The van der Waals surface area contributed by atoms with Crippen LogP contribution in [0.15, 0.2) is 24.4 Å². The van der Waals surface area contributed by atoms with Crippen LogP contribution in [0, 0.1) is 0 Å². The van der Waals surface area contributed by atoms with Crippen molar-refractivity contribution in [3.8, 4) is 0 Å². The lowest BCUT2D eigenvalue weighted by Gasteiger charge is -2.17. The van der Waals surface area contributed by atoms with Gasteiger partial charge in [0.05, 0.1) is 5.54 Å². The molecule has 1 amide bonds. The number of aryl methyl sites for hydroxylation is 1. The Morgan fingerprint density at radius 3 is 2.68 bits per heavy atom. The molecule has 5 nitrogen and oxygen atoms in total. The third-order valence-corrected chi connectivity index (χ3v) is 3.96. The molecule has 0 atom stereocenters. The molecule has 0 bridgehead atoms. The Balaban J connectivity index is 1.81. The van der Waals surface area contributed by atoms with Gasteiger partial charge in [0.1, 0.15) is 16.5 Å². The van der Waals surface area contributed by atoms with E-state index in [-0.39, 0.29) is 5.69 Å². The number of hydrogen-bond acceptors (Lipinski definition) is 3. The van der Waals surface area contributed by atoms with Gasteiger partial charge in [-0.2, -0.15) is 5.10 Å². The van der Waals surface area contributed by atoms with E-state index in [2.05, 4.69) is 15.4 Å². The van der Waals surface area contributed by atoms with Crippen LogP contribution >= 0.6 is 11.6 Å². The number of hydrogen-bond donors (Lipinski definition) is 1. The molecule has 1 aliphatic rings. The molecule has 0 unspecified atom stereocenters. The van der Waals surface area contributed by atoms with Crippen LogP contribution in [-0.4, -0.2) is 20.7 Å². The van der Waals surface area contributed by atoms with Crippen LogP contribution in [0.25, 0.3) is 0 Å². The second kappa shape index (κ2) is 5.31. The number of nitrogens with zero attached hydrogens (tertiary/aromatic N) is 3. The van der Waals surface area contributed by atoms with Crippen LogP contribution in [0.2, 0.25) is 5.15 Å². The van der Waals surface area contributed by atoms with Crippen molar-refractivity contribution in [2.75, 3.05) is 0 Å². The van der Waals surface area contributed by atoms with Crippen molar-refractivity contribution in [1.29, 1.82) is 0 Å². The van der Waals surface area contributed by atoms with Crippen molar-refractivity contribution in [3.63, 3.8) is 0 Å². The van der Waals surface area contributed by atoms with Crippen LogP contribution < -0.4 is 5.32 Å².